The molecule has 0 spiro atoms. The second-order valence-electron chi connectivity index (χ2n) is 6.04. The molecule has 0 unspecified atom stereocenters. The molecule has 6 heteroatoms. The number of nitrogens with one attached hydrogen (secondary N) is 2. The van der Waals surface area contributed by atoms with Crippen molar-refractivity contribution in [3.05, 3.63) is 94.5 Å². The second-order valence-corrected chi connectivity index (χ2v) is 6.48. The summed E-state index contributed by atoms with van der Waals surface area (Å²) in [4.78, 5) is 16.4. The van der Waals surface area contributed by atoms with Gasteiger partial charge in [-0.15, -0.1) is 0 Å². The molecule has 1 aromatic heterocycles. The molecule has 0 aliphatic carbocycles. The normalized spacial score (nSPS) is 10.4. The quantitative estimate of drug-likeness (QED) is 0.633. The molecular formula is C21H19ClFN3O. The fraction of sp³-hybridized carbons (Fsp3) is 0.143. The lowest BCUT2D eigenvalue weighted by molar-refractivity contribution is 0.0950. The molecule has 27 heavy (non-hydrogen) atoms. The number of halogens is 2. The average Bonchev–Trinajstić information content (AvgIpc) is 2.69. The first kappa shape index (κ1) is 18.9. The van der Waals surface area contributed by atoms with Gasteiger partial charge in [-0.05, 0) is 41.8 Å². The summed E-state index contributed by atoms with van der Waals surface area (Å²) < 4.78 is 13.6. The Morgan fingerprint density at radius 2 is 1.85 bits per heavy atom. The Hall–Kier alpha value is -2.92. The van der Waals surface area contributed by atoms with Gasteiger partial charge in [-0.1, -0.05) is 41.9 Å². The number of anilines is 1. The molecule has 0 atom stereocenters. The number of rotatable bonds is 7. The third kappa shape index (κ3) is 5.53. The van der Waals surface area contributed by atoms with Crippen molar-refractivity contribution < 1.29 is 9.18 Å². The number of carbonyl (C=O) groups excluding carboxylic acids is 1. The van der Waals surface area contributed by atoms with Gasteiger partial charge in [0, 0.05) is 30.5 Å². The molecule has 1 heterocycles. The van der Waals surface area contributed by atoms with Crippen LogP contribution in [0.25, 0.3) is 0 Å². The van der Waals surface area contributed by atoms with Crippen LogP contribution >= 0.6 is 11.6 Å². The minimum atomic E-state index is -0.215. The van der Waals surface area contributed by atoms with Crippen LogP contribution in [-0.4, -0.2) is 17.4 Å². The van der Waals surface area contributed by atoms with Crippen LogP contribution in [0.1, 0.15) is 21.5 Å². The Bertz CT molecular complexity index is 915. The SMILES string of the molecule is O=C(NCc1ccc(Cl)cc1)c1cncc(NCCc2ccccc2F)c1. The zero-order valence-electron chi connectivity index (χ0n) is 14.6. The minimum absolute atomic E-state index is 0.213. The van der Waals surface area contributed by atoms with Crippen LogP contribution < -0.4 is 10.6 Å². The van der Waals surface area contributed by atoms with Crippen LogP contribution in [0, 0.1) is 5.82 Å². The van der Waals surface area contributed by atoms with Crippen molar-refractivity contribution in [1.29, 1.82) is 0 Å². The van der Waals surface area contributed by atoms with Crippen molar-refractivity contribution >= 4 is 23.2 Å². The maximum Gasteiger partial charge on any atom is 0.253 e. The van der Waals surface area contributed by atoms with Crippen molar-refractivity contribution in [3.63, 3.8) is 0 Å². The smallest absolute Gasteiger partial charge is 0.253 e. The molecule has 1 amide bonds. The van der Waals surface area contributed by atoms with E-state index in [4.69, 9.17) is 11.6 Å². The lowest BCUT2D eigenvalue weighted by Crippen LogP contribution is -2.23. The summed E-state index contributed by atoms with van der Waals surface area (Å²) in [6, 6.07) is 15.7. The summed E-state index contributed by atoms with van der Waals surface area (Å²) in [6.07, 6.45) is 3.69. The lowest BCUT2D eigenvalue weighted by Gasteiger charge is -2.09. The summed E-state index contributed by atoms with van der Waals surface area (Å²) in [5.74, 6) is -0.428. The van der Waals surface area contributed by atoms with Crippen LogP contribution in [0.15, 0.2) is 67.0 Å². The van der Waals surface area contributed by atoms with Gasteiger partial charge >= 0.3 is 0 Å². The number of benzene rings is 2. The number of hydrogen-bond donors (Lipinski definition) is 2. The molecule has 3 aromatic rings. The molecule has 0 saturated heterocycles. The zero-order valence-corrected chi connectivity index (χ0v) is 15.3. The van der Waals surface area contributed by atoms with E-state index in [1.54, 1.807) is 36.5 Å². The van der Waals surface area contributed by atoms with E-state index in [1.165, 1.54) is 12.3 Å². The van der Waals surface area contributed by atoms with E-state index >= 15 is 0 Å². The highest BCUT2D eigenvalue weighted by molar-refractivity contribution is 6.30. The van der Waals surface area contributed by atoms with Gasteiger partial charge in [0.15, 0.2) is 0 Å². The Balaban J connectivity index is 1.53. The second kappa shape index (κ2) is 9.14. The number of hydrogen-bond acceptors (Lipinski definition) is 3. The molecule has 0 bridgehead atoms. The molecule has 4 nitrogen and oxygen atoms in total. The third-order valence-corrected chi connectivity index (χ3v) is 4.30. The number of amides is 1. The van der Waals surface area contributed by atoms with E-state index in [0.717, 1.165) is 5.56 Å². The Morgan fingerprint density at radius 1 is 1.07 bits per heavy atom. The van der Waals surface area contributed by atoms with Crippen molar-refractivity contribution in [2.75, 3.05) is 11.9 Å². The van der Waals surface area contributed by atoms with E-state index < -0.39 is 0 Å². The highest BCUT2D eigenvalue weighted by Gasteiger charge is 2.07. The van der Waals surface area contributed by atoms with Crippen LogP contribution in [-0.2, 0) is 13.0 Å². The topological polar surface area (TPSA) is 54.0 Å². The molecule has 0 fully saturated rings. The fourth-order valence-electron chi connectivity index (χ4n) is 2.59. The molecule has 2 aromatic carbocycles. The van der Waals surface area contributed by atoms with Gasteiger partial charge in [-0.2, -0.15) is 0 Å². The highest BCUT2D eigenvalue weighted by Crippen LogP contribution is 2.12. The predicted octanol–water partition coefficient (Wildman–Crippen LogP) is 4.46. The van der Waals surface area contributed by atoms with Gasteiger partial charge in [-0.25, -0.2) is 4.39 Å². The molecular weight excluding hydrogens is 365 g/mol. The van der Waals surface area contributed by atoms with Gasteiger partial charge in [-0.3, -0.25) is 9.78 Å². The van der Waals surface area contributed by atoms with Gasteiger partial charge in [0.05, 0.1) is 11.3 Å². The van der Waals surface area contributed by atoms with E-state index in [9.17, 15) is 9.18 Å². The fourth-order valence-corrected chi connectivity index (χ4v) is 2.72. The molecule has 0 radical (unpaired) electrons. The van der Waals surface area contributed by atoms with Crippen LogP contribution in [0.2, 0.25) is 5.02 Å². The van der Waals surface area contributed by atoms with Gasteiger partial charge < -0.3 is 10.6 Å². The maximum atomic E-state index is 13.6. The Labute approximate surface area is 162 Å². The summed E-state index contributed by atoms with van der Waals surface area (Å²) in [5, 5.41) is 6.68. The van der Waals surface area contributed by atoms with Crippen molar-refractivity contribution in [2.45, 2.75) is 13.0 Å². The molecule has 2 N–H and O–H groups in total. The van der Waals surface area contributed by atoms with Crippen molar-refractivity contribution in [1.82, 2.24) is 10.3 Å². The minimum Gasteiger partial charge on any atom is -0.383 e. The summed E-state index contributed by atoms with van der Waals surface area (Å²) in [6.45, 7) is 0.944. The van der Waals surface area contributed by atoms with Crippen LogP contribution in [0.5, 0.6) is 0 Å². The highest BCUT2D eigenvalue weighted by atomic mass is 35.5. The zero-order chi connectivity index (χ0) is 19.1. The number of aromatic nitrogens is 1. The number of pyridine rings is 1. The van der Waals surface area contributed by atoms with Crippen LogP contribution in [0.4, 0.5) is 10.1 Å². The van der Waals surface area contributed by atoms with Gasteiger partial charge in [0.1, 0.15) is 5.82 Å². The number of carbonyl (C=O) groups is 1. The molecule has 0 aliphatic rings. The predicted molar refractivity (Wildman–Crippen MR) is 105 cm³/mol. The first-order chi connectivity index (χ1) is 13.1. The van der Waals surface area contributed by atoms with Crippen molar-refractivity contribution in [3.8, 4) is 0 Å². The van der Waals surface area contributed by atoms with E-state index in [-0.39, 0.29) is 11.7 Å². The first-order valence-electron chi connectivity index (χ1n) is 8.57. The van der Waals surface area contributed by atoms with E-state index in [0.29, 0.717) is 41.3 Å². The Kier molecular flexibility index (Phi) is 6.39. The molecule has 3 rings (SSSR count). The molecule has 0 saturated carbocycles. The summed E-state index contributed by atoms with van der Waals surface area (Å²) >= 11 is 5.85. The van der Waals surface area contributed by atoms with Crippen LogP contribution in [0.3, 0.4) is 0 Å². The summed E-state index contributed by atoms with van der Waals surface area (Å²) in [5.41, 5.74) is 2.78. The third-order valence-electron chi connectivity index (χ3n) is 4.05. The monoisotopic (exact) mass is 383 g/mol. The maximum absolute atomic E-state index is 13.6. The summed E-state index contributed by atoms with van der Waals surface area (Å²) in [7, 11) is 0. The lowest BCUT2D eigenvalue weighted by atomic mass is 10.1. The average molecular weight is 384 g/mol. The number of nitrogens with zero attached hydrogens (tertiary/aromatic N) is 1. The molecule has 0 aliphatic heterocycles. The van der Waals surface area contributed by atoms with Gasteiger partial charge in [0.2, 0.25) is 0 Å². The first-order valence-corrected chi connectivity index (χ1v) is 8.94. The largest absolute Gasteiger partial charge is 0.383 e. The van der Waals surface area contributed by atoms with E-state index in [1.807, 2.05) is 18.2 Å². The van der Waals surface area contributed by atoms with Crippen molar-refractivity contribution in [2.24, 2.45) is 0 Å². The van der Waals surface area contributed by atoms with E-state index in [2.05, 4.69) is 15.6 Å². The Morgan fingerprint density at radius 3 is 2.63 bits per heavy atom. The van der Waals surface area contributed by atoms with Gasteiger partial charge in [0.25, 0.3) is 5.91 Å². The molecule has 138 valence electrons. The standard InChI is InChI=1S/C21H19ClFN3O/c22-18-7-5-15(6-8-18)12-26-21(27)17-11-19(14-24-13-17)25-10-9-16-3-1-2-4-20(16)23/h1-8,11,13-14,25H,9-10,12H2,(H,26,27).